The van der Waals surface area contributed by atoms with E-state index in [0.717, 1.165) is 14.9 Å². The number of urea groups is 1. The van der Waals surface area contributed by atoms with Crippen molar-refractivity contribution in [3.63, 3.8) is 0 Å². The Morgan fingerprint density at radius 1 is 1.16 bits per heavy atom. The third-order valence-electron chi connectivity index (χ3n) is 5.20. The number of hydrogen-bond acceptors (Lipinski definition) is 5. The number of amides is 2. The molecule has 1 aliphatic rings. The van der Waals surface area contributed by atoms with Gasteiger partial charge >= 0.3 is 6.03 Å². The lowest BCUT2D eigenvalue weighted by molar-refractivity contribution is 0.210. The molecule has 0 aliphatic heterocycles. The predicted molar refractivity (Wildman–Crippen MR) is 129 cm³/mol. The molecule has 0 atom stereocenters. The number of hydrazone groups is 1. The third-order valence-corrected chi connectivity index (χ3v) is 6.00. The second-order valence-electron chi connectivity index (χ2n) is 7.37. The number of nitrogens with two attached hydrogens (primary N) is 1. The molecule has 2 aromatic carbocycles. The van der Waals surface area contributed by atoms with Gasteiger partial charge in [-0.3, -0.25) is 0 Å². The summed E-state index contributed by atoms with van der Waals surface area (Å²) in [6.07, 6.45) is 8.10. The van der Waals surface area contributed by atoms with Crippen molar-refractivity contribution in [2.45, 2.75) is 38.0 Å². The molecule has 3 rings (SSSR count). The lowest BCUT2D eigenvalue weighted by Gasteiger charge is -2.22. The van der Waals surface area contributed by atoms with Gasteiger partial charge in [0.25, 0.3) is 0 Å². The fraction of sp³-hybridized carbons (Fsp3) is 0.391. The van der Waals surface area contributed by atoms with Crippen LogP contribution in [-0.4, -0.2) is 32.6 Å². The van der Waals surface area contributed by atoms with Crippen LogP contribution >= 0.6 is 22.6 Å². The Bertz CT molecular complexity index is 896. The van der Waals surface area contributed by atoms with Crippen molar-refractivity contribution in [3.8, 4) is 17.2 Å². The number of carbonyl (C=O) groups is 1. The van der Waals surface area contributed by atoms with E-state index in [0.29, 0.717) is 30.6 Å². The SMILES string of the molecule is COc1cc(/C=N\NC(N)=O)cc(I)c1OCCOc1ccc(C2CCCCC2)cc1. The Hall–Kier alpha value is -2.49. The number of methoxy groups -OCH3 is 1. The zero-order chi connectivity index (χ0) is 22.1. The Labute approximate surface area is 196 Å². The highest BCUT2D eigenvalue weighted by molar-refractivity contribution is 14.1. The number of nitrogens with zero attached hydrogens (tertiary/aromatic N) is 1. The molecule has 3 N–H and O–H groups in total. The highest BCUT2D eigenvalue weighted by Gasteiger charge is 2.15. The zero-order valence-electron chi connectivity index (χ0n) is 17.6. The third kappa shape index (κ3) is 7.02. The summed E-state index contributed by atoms with van der Waals surface area (Å²) in [7, 11) is 1.57. The van der Waals surface area contributed by atoms with Crippen molar-refractivity contribution in [2.75, 3.05) is 20.3 Å². The highest BCUT2D eigenvalue weighted by atomic mass is 127. The van der Waals surface area contributed by atoms with Crippen LogP contribution in [0.25, 0.3) is 0 Å². The van der Waals surface area contributed by atoms with E-state index in [1.807, 2.05) is 18.2 Å². The Balaban J connectivity index is 1.51. The van der Waals surface area contributed by atoms with Crippen LogP contribution in [0.4, 0.5) is 4.79 Å². The van der Waals surface area contributed by atoms with Crippen LogP contribution in [0.2, 0.25) is 0 Å². The van der Waals surface area contributed by atoms with Crippen LogP contribution < -0.4 is 25.4 Å². The molecule has 0 unspecified atom stereocenters. The Kier molecular flexibility index (Phi) is 8.81. The van der Waals surface area contributed by atoms with Crippen LogP contribution in [0.3, 0.4) is 0 Å². The number of hydrogen-bond donors (Lipinski definition) is 2. The molecule has 0 bridgehead atoms. The Morgan fingerprint density at radius 3 is 2.55 bits per heavy atom. The fourth-order valence-corrected chi connectivity index (χ4v) is 4.48. The first-order valence-electron chi connectivity index (χ1n) is 10.4. The van der Waals surface area contributed by atoms with Gasteiger partial charge in [0.05, 0.1) is 16.9 Å². The second kappa shape index (κ2) is 11.8. The first-order valence-corrected chi connectivity index (χ1v) is 11.5. The maximum atomic E-state index is 10.7. The van der Waals surface area contributed by atoms with Gasteiger partial charge in [-0.1, -0.05) is 31.4 Å². The first kappa shape index (κ1) is 23.2. The molecule has 0 radical (unpaired) electrons. The van der Waals surface area contributed by atoms with Crippen molar-refractivity contribution in [1.82, 2.24) is 5.43 Å². The molecule has 2 amide bonds. The van der Waals surface area contributed by atoms with Gasteiger partial charge in [-0.25, -0.2) is 10.2 Å². The summed E-state index contributed by atoms with van der Waals surface area (Å²) in [5, 5.41) is 3.76. The van der Waals surface area contributed by atoms with Crippen LogP contribution in [0.5, 0.6) is 17.2 Å². The van der Waals surface area contributed by atoms with Gasteiger partial charge in [0.1, 0.15) is 19.0 Å². The molecule has 0 spiro atoms. The number of primary amides is 1. The van der Waals surface area contributed by atoms with Gasteiger partial charge in [-0.15, -0.1) is 0 Å². The number of halogens is 1. The van der Waals surface area contributed by atoms with Crippen LogP contribution in [0, 0.1) is 3.57 Å². The standard InChI is InChI=1S/C23H28IN3O4/c1-29-21-14-16(15-26-27-23(25)28)13-20(24)22(21)31-12-11-30-19-9-7-18(8-10-19)17-5-3-2-4-6-17/h7-10,13-15,17H,2-6,11-12H2,1H3,(H3,25,27,28)/b26-15-. The van der Waals surface area contributed by atoms with E-state index in [2.05, 4.69) is 45.3 Å². The summed E-state index contributed by atoms with van der Waals surface area (Å²) in [5.41, 5.74) is 9.32. The number of carbonyl (C=O) groups excluding carboxylic acids is 1. The normalized spacial score (nSPS) is 14.4. The van der Waals surface area contributed by atoms with Gasteiger partial charge in [0.15, 0.2) is 11.5 Å². The van der Waals surface area contributed by atoms with E-state index in [4.69, 9.17) is 19.9 Å². The maximum Gasteiger partial charge on any atom is 0.332 e. The number of nitrogens with one attached hydrogen (secondary N) is 1. The minimum Gasteiger partial charge on any atom is -0.493 e. The smallest absolute Gasteiger partial charge is 0.332 e. The summed E-state index contributed by atoms with van der Waals surface area (Å²) >= 11 is 2.17. The second-order valence-corrected chi connectivity index (χ2v) is 8.53. The van der Waals surface area contributed by atoms with Crippen molar-refractivity contribution in [3.05, 3.63) is 51.1 Å². The van der Waals surface area contributed by atoms with E-state index < -0.39 is 6.03 Å². The Morgan fingerprint density at radius 2 is 1.87 bits per heavy atom. The van der Waals surface area contributed by atoms with Gasteiger partial charge in [-0.2, -0.15) is 5.10 Å². The minimum absolute atomic E-state index is 0.382. The molecule has 7 nitrogen and oxygen atoms in total. The minimum atomic E-state index is -0.721. The summed E-state index contributed by atoms with van der Waals surface area (Å²) in [5.74, 6) is 2.75. The van der Waals surface area contributed by atoms with Crippen molar-refractivity contribution in [1.29, 1.82) is 0 Å². The monoisotopic (exact) mass is 537 g/mol. The molecule has 0 saturated heterocycles. The van der Waals surface area contributed by atoms with E-state index in [1.54, 1.807) is 13.2 Å². The predicted octanol–water partition coefficient (Wildman–Crippen LogP) is 4.81. The van der Waals surface area contributed by atoms with Crippen molar-refractivity contribution < 1.29 is 19.0 Å². The molecule has 31 heavy (non-hydrogen) atoms. The van der Waals surface area contributed by atoms with Crippen LogP contribution in [-0.2, 0) is 0 Å². The van der Waals surface area contributed by atoms with Crippen LogP contribution in [0.1, 0.15) is 49.1 Å². The molecule has 1 aliphatic carbocycles. The topological polar surface area (TPSA) is 95.2 Å². The maximum absolute atomic E-state index is 10.7. The van der Waals surface area contributed by atoms with Crippen molar-refractivity contribution in [2.24, 2.45) is 10.8 Å². The molecular formula is C23H28IN3O4. The highest BCUT2D eigenvalue weighted by Crippen LogP contribution is 2.34. The molecule has 0 heterocycles. The van der Waals surface area contributed by atoms with Gasteiger partial charge < -0.3 is 19.9 Å². The quantitative estimate of drug-likeness (QED) is 0.208. The lowest BCUT2D eigenvalue weighted by atomic mass is 9.84. The fourth-order valence-electron chi connectivity index (χ4n) is 3.70. The van der Waals surface area contributed by atoms with Crippen LogP contribution in [0.15, 0.2) is 41.5 Å². The summed E-state index contributed by atoms with van der Waals surface area (Å²) < 4.78 is 18.0. The number of benzene rings is 2. The molecule has 0 aromatic heterocycles. The largest absolute Gasteiger partial charge is 0.493 e. The van der Waals surface area contributed by atoms with E-state index in [9.17, 15) is 4.79 Å². The summed E-state index contributed by atoms with van der Waals surface area (Å²) in [6, 6.07) is 11.4. The number of ether oxygens (including phenoxy) is 3. The molecular weight excluding hydrogens is 509 g/mol. The average Bonchev–Trinajstić information content (AvgIpc) is 2.78. The molecule has 166 valence electrons. The zero-order valence-corrected chi connectivity index (χ0v) is 19.8. The molecule has 1 saturated carbocycles. The molecule has 1 fully saturated rings. The average molecular weight is 537 g/mol. The first-order chi connectivity index (χ1) is 15.1. The van der Waals surface area contributed by atoms with Gasteiger partial charge in [0.2, 0.25) is 0 Å². The van der Waals surface area contributed by atoms with Gasteiger partial charge in [-0.05, 0) is 76.7 Å². The molecule has 8 heteroatoms. The van der Waals surface area contributed by atoms with E-state index >= 15 is 0 Å². The van der Waals surface area contributed by atoms with Gasteiger partial charge in [0, 0.05) is 0 Å². The lowest BCUT2D eigenvalue weighted by Crippen LogP contribution is -2.24. The molecule has 2 aromatic rings. The summed E-state index contributed by atoms with van der Waals surface area (Å²) in [6.45, 7) is 0.807. The van der Waals surface area contributed by atoms with E-state index in [-0.39, 0.29) is 0 Å². The van der Waals surface area contributed by atoms with E-state index in [1.165, 1.54) is 43.9 Å². The van der Waals surface area contributed by atoms with Crippen molar-refractivity contribution >= 4 is 34.8 Å². The number of rotatable bonds is 9. The summed E-state index contributed by atoms with van der Waals surface area (Å²) in [4.78, 5) is 10.7.